The lowest BCUT2D eigenvalue weighted by Crippen LogP contribution is -2.36. The van der Waals surface area contributed by atoms with Gasteiger partial charge >= 0.3 is 0 Å². The summed E-state index contributed by atoms with van der Waals surface area (Å²) in [5.41, 5.74) is 5.79. The summed E-state index contributed by atoms with van der Waals surface area (Å²) in [6.07, 6.45) is 2.62. The van der Waals surface area contributed by atoms with Crippen molar-refractivity contribution < 1.29 is 4.79 Å². The van der Waals surface area contributed by atoms with Crippen LogP contribution in [0.2, 0.25) is 0 Å². The molecule has 102 valence electrons. The van der Waals surface area contributed by atoms with E-state index < -0.39 is 0 Å². The number of thiazole rings is 1. The molecule has 1 atom stereocenters. The van der Waals surface area contributed by atoms with Gasteiger partial charge in [-0.25, -0.2) is 4.98 Å². The van der Waals surface area contributed by atoms with Crippen LogP contribution in [0.3, 0.4) is 0 Å². The van der Waals surface area contributed by atoms with Crippen LogP contribution in [0, 0.1) is 18.3 Å². The molecule has 0 radical (unpaired) electrons. The first kappa shape index (κ1) is 15.1. The van der Waals surface area contributed by atoms with Crippen molar-refractivity contribution in [2.45, 2.75) is 40.7 Å². The summed E-state index contributed by atoms with van der Waals surface area (Å²) in [7, 11) is 0. The van der Waals surface area contributed by atoms with Gasteiger partial charge in [0.15, 0.2) is 0 Å². The van der Waals surface area contributed by atoms with Gasteiger partial charge in [0, 0.05) is 17.6 Å². The van der Waals surface area contributed by atoms with E-state index >= 15 is 0 Å². The first-order chi connectivity index (χ1) is 8.31. The number of amides is 1. The van der Waals surface area contributed by atoms with Crippen LogP contribution in [0.4, 0.5) is 0 Å². The molecule has 0 aliphatic carbocycles. The maximum Gasteiger partial charge on any atom is 0.224 e. The zero-order valence-electron chi connectivity index (χ0n) is 11.6. The van der Waals surface area contributed by atoms with Gasteiger partial charge in [0.1, 0.15) is 5.01 Å². The van der Waals surface area contributed by atoms with Gasteiger partial charge in [0.05, 0.1) is 12.5 Å². The summed E-state index contributed by atoms with van der Waals surface area (Å²) in [6, 6.07) is 0. The molecular weight excluding hydrogens is 246 g/mol. The number of nitrogens with zero attached hydrogens (tertiary/aromatic N) is 1. The molecule has 0 aliphatic rings. The van der Waals surface area contributed by atoms with E-state index in [9.17, 15) is 4.79 Å². The second kappa shape index (κ2) is 6.29. The van der Waals surface area contributed by atoms with Gasteiger partial charge in [-0.1, -0.05) is 20.8 Å². The first-order valence-corrected chi connectivity index (χ1v) is 7.02. The molecule has 3 N–H and O–H groups in total. The molecule has 1 aromatic rings. The highest BCUT2D eigenvalue weighted by molar-refractivity contribution is 7.11. The molecule has 0 bridgehead atoms. The van der Waals surface area contributed by atoms with E-state index in [4.69, 9.17) is 5.73 Å². The Kier molecular flexibility index (Phi) is 5.28. The number of hydrogen-bond donors (Lipinski definition) is 2. The predicted molar refractivity (Wildman–Crippen MR) is 75.3 cm³/mol. The molecule has 1 heterocycles. The minimum absolute atomic E-state index is 0.0280. The summed E-state index contributed by atoms with van der Waals surface area (Å²) in [5, 5.41) is 3.85. The van der Waals surface area contributed by atoms with E-state index in [1.165, 1.54) is 0 Å². The van der Waals surface area contributed by atoms with E-state index in [1.54, 1.807) is 11.3 Å². The summed E-state index contributed by atoms with van der Waals surface area (Å²) < 4.78 is 0. The second-order valence-electron chi connectivity index (χ2n) is 5.78. The number of nitrogens with one attached hydrogen (secondary N) is 1. The number of carbonyl (C=O) groups excluding carboxylic acids is 1. The molecule has 0 aliphatic heterocycles. The van der Waals surface area contributed by atoms with Crippen molar-refractivity contribution in [1.82, 2.24) is 10.3 Å². The highest BCUT2D eigenvalue weighted by Crippen LogP contribution is 2.24. The maximum atomic E-state index is 12.0. The number of rotatable bonds is 5. The van der Waals surface area contributed by atoms with Gasteiger partial charge in [-0.05, 0) is 18.8 Å². The fraction of sp³-hybridized carbons (Fsp3) is 0.692. The fourth-order valence-electron chi connectivity index (χ4n) is 1.81. The van der Waals surface area contributed by atoms with Crippen molar-refractivity contribution in [1.29, 1.82) is 0 Å². The largest absolute Gasteiger partial charge is 0.349 e. The smallest absolute Gasteiger partial charge is 0.224 e. The monoisotopic (exact) mass is 269 g/mol. The third-order valence-electron chi connectivity index (χ3n) is 2.60. The van der Waals surface area contributed by atoms with E-state index in [-0.39, 0.29) is 17.2 Å². The highest BCUT2D eigenvalue weighted by Gasteiger charge is 2.23. The van der Waals surface area contributed by atoms with Gasteiger partial charge in [0.2, 0.25) is 5.91 Å². The van der Waals surface area contributed by atoms with Gasteiger partial charge < -0.3 is 11.1 Å². The van der Waals surface area contributed by atoms with Crippen molar-refractivity contribution in [3.05, 3.63) is 16.1 Å². The second-order valence-corrected chi connectivity index (χ2v) is 7.10. The molecule has 1 aromatic heterocycles. The summed E-state index contributed by atoms with van der Waals surface area (Å²) >= 11 is 1.61. The summed E-state index contributed by atoms with van der Waals surface area (Å²) in [5.74, 6) is -0.0914. The Morgan fingerprint density at radius 2 is 2.22 bits per heavy atom. The number of hydrogen-bond acceptors (Lipinski definition) is 4. The molecule has 0 saturated carbocycles. The van der Waals surface area contributed by atoms with Gasteiger partial charge in [0.25, 0.3) is 0 Å². The minimum Gasteiger partial charge on any atom is -0.349 e. The summed E-state index contributed by atoms with van der Waals surface area (Å²) in [4.78, 5) is 17.4. The Bertz CT molecular complexity index is 395. The normalized spacial score (nSPS) is 13.4. The molecule has 18 heavy (non-hydrogen) atoms. The molecule has 1 unspecified atom stereocenters. The van der Waals surface area contributed by atoms with Crippen LogP contribution >= 0.6 is 11.3 Å². The maximum absolute atomic E-state index is 12.0. The van der Waals surface area contributed by atoms with Crippen LogP contribution in [0.15, 0.2) is 6.20 Å². The first-order valence-electron chi connectivity index (χ1n) is 6.21. The quantitative estimate of drug-likeness (QED) is 0.860. The third-order valence-corrected chi connectivity index (χ3v) is 3.51. The summed E-state index contributed by atoms with van der Waals surface area (Å²) in [6.45, 7) is 9.25. The molecule has 5 heteroatoms. The Morgan fingerprint density at radius 1 is 1.56 bits per heavy atom. The van der Waals surface area contributed by atoms with Crippen molar-refractivity contribution >= 4 is 17.2 Å². The van der Waals surface area contributed by atoms with Crippen LogP contribution in [-0.2, 0) is 11.3 Å². The molecule has 4 nitrogen and oxygen atoms in total. The van der Waals surface area contributed by atoms with Crippen molar-refractivity contribution in [3.8, 4) is 0 Å². The molecule has 0 fully saturated rings. The lowest BCUT2D eigenvalue weighted by atomic mass is 9.84. The van der Waals surface area contributed by atoms with Crippen LogP contribution in [-0.4, -0.2) is 17.4 Å². The Labute approximate surface area is 113 Å². The molecule has 0 aromatic carbocycles. The number of aryl methyl sites for hydroxylation is 1. The van der Waals surface area contributed by atoms with E-state index in [1.807, 2.05) is 13.1 Å². The lowest BCUT2D eigenvalue weighted by Gasteiger charge is -2.24. The zero-order chi connectivity index (χ0) is 13.8. The minimum atomic E-state index is -0.119. The van der Waals surface area contributed by atoms with E-state index in [0.717, 1.165) is 16.3 Å². The van der Waals surface area contributed by atoms with Gasteiger partial charge in [-0.2, -0.15) is 0 Å². The average Bonchev–Trinajstić information content (AvgIpc) is 2.67. The molecule has 0 spiro atoms. The Morgan fingerprint density at radius 3 is 2.67 bits per heavy atom. The number of aromatic nitrogens is 1. The molecule has 1 amide bonds. The SMILES string of the molecule is Cc1cnc(CNC(=O)C(CN)CC(C)(C)C)s1. The van der Waals surface area contributed by atoms with Gasteiger partial charge in [-0.3, -0.25) is 4.79 Å². The average molecular weight is 269 g/mol. The zero-order valence-corrected chi connectivity index (χ0v) is 12.4. The van der Waals surface area contributed by atoms with Crippen LogP contribution in [0.25, 0.3) is 0 Å². The standard InChI is InChI=1S/C13H23N3OS/c1-9-7-15-11(18-9)8-16-12(17)10(6-14)5-13(2,3)4/h7,10H,5-6,8,14H2,1-4H3,(H,16,17). The van der Waals surface area contributed by atoms with Crippen molar-refractivity contribution in [3.63, 3.8) is 0 Å². The number of nitrogens with two attached hydrogens (primary N) is 1. The van der Waals surface area contributed by atoms with Crippen molar-refractivity contribution in [2.75, 3.05) is 6.54 Å². The molecule has 1 rings (SSSR count). The molecular formula is C13H23N3OS. The topological polar surface area (TPSA) is 68.0 Å². The lowest BCUT2D eigenvalue weighted by molar-refractivity contribution is -0.125. The molecule has 0 saturated heterocycles. The van der Waals surface area contributed by atoms with Crippen LogP contribution in [0.5, 0.6) is 0 Å². The van der Waals surface area contributed by atoms with E-state index in [0.29, 0.717) is 13.1 Å². The van der Waals surface area contributed by atoms with E-state index in [2.05, 4.69) is 31.1 Å². The number of carbonyl (C=O) groups is 1. The van der Waals surface area contributed by atoms with Crippen molar-refractivity contribution in [2.24, 2.45) is 17.1 Å². The van der Waals surface area contributed by atoms with Crippen LogP contribution < -0.4 is 11.1 Å². The van der Waals surface area contributed by atoms with Crippen LogP contribution in [0.1, 0.15) is 37.1 Å². The third kappa shape index (κ3) is 5.14. The Balaban J connectivity index is 2.47. The fourth-order valence-corrected chi connectivity index (χ4v) is 2.54. The highest BCUT2D eigenvalue weighted by atomic mass is 32.1. The Hall–Kier alpha value is -0.940. The predicted octanol–water partition coefficient (Wildman–Crippen LogP) is 2.08. The van der Waals surface area contributed by atoms with Gasteiger partial charge in [-0.15, -0.1) is 11.3 Å².